The molecule has 1 aliphatic rings. The van der Waals surface area contributed by atoms with Crippen molar-refractivity contribution in [3.63, 3.8) is 0 Å². The highest BCUT2D eigenvalue weighted by molar-refractivity contribution is 4.83. The minimum Gasteiger partial charge on any atom is -0.389 e. The van der Waals surface area contributed by atoms with Gasteiger partial charge in [0.2, 0.25) is 0 Å². The van der Waals surface area contributed by atoms with Crippen LogP contribution in [0.1, 0.15) is 33.1 Å². The molecule has 1 rings (SSSR count). The molecule has 0 saturated carbocycles. The van der Waals surface area contributed by atoms with Crippen molar-refractivity contribution >= 4 is 0 Å². The minimum absolute atomic E-state index is 0.342. The van der Waals surface area contributed by atoms with E-state index in [0.717, 1.165) is 25.4 Å². The third-order valence-corrected chi connectivity index (χ3v) is 4.07. The maximum absolute atomic E-state index is 10.0. The summed E-state index contributed by atoms with van der Waals surface area (Å²) in [6.07, 6.45) is 3.31. The molecular weight excluding hydrogens is 226 g/mol. The van der Waals surface area contributed by atoms with Gasteiger partial charge in [-0.15, -0.1) is 0 Å². The Morgan fingerprint density at radius 1 is 1.39 bits per heavy atom. The Kier molecular flexibility index (Phi) is 6.05. The molecule has 2 unspecified atom stereocenters. The van der Waals surface area contributed by atoms with E-state index in [1.54, 1.807) is 0 Å². The Hall–Kier alpha value is -0.160. The van der Waals surface area contributed by atoms with E-state index in [4.69, 9.17) is 5.73 Å². The van der Waals surface area contributed by atoms with Crippen molar-refractivity contribution in [1.82, 2.24) is 9.80 Å². The van der Waals surface area contributed by atoms with Crippen molar-refractivity contribution in [2.45, 2.75) is 44.8 Å². The molecule has 0 aliphatic carbocycles. The molecule has 2 atom stereocenters. The van der Waals surface area contributed by atoms with Gasteiger partial charge in [0.25, 0.3) is 0 Å². The number of nitrogens with two attached hydrogens (primary N) is 1. The fourth-order valence-electron chi connectivity index (χ4n) is 2.94. The van der Waals surface area contributed by atoms with E-state index in [1.807, 2.05) is 6.92 Å². The lowest BCUT2D eigenvalue weighted by atomic mass is 9.92. The highest BCUT2D eigenvalue weighted by atomic mass is 16.3. The van der Waals surface area contributed by atoms with Gasteiger partial charge in [-0.3, -0.25) is 0 Å². The predicted octanol–water partition coefficient (Wildman–Crippen LogP) is 0.748. The first-order valence-corrected chi connectivity index (χ1v) is 7.15. The number of nitrogens with zero attached hydrogens (tertiary/aromatic N) is 2. The van der Waals surface area contributed by atoms with Crippen LogP contribution in [-0.4, -0.2) is 66.8 Å². The van der Waals surface area contributed by atoms with E-state index in [1.165, 1.54) is 19.4 Å². The summed E-state index contributed by atoms with van der Waals surface area (Å²) in [4.78, 5) is 4.78. The highest BCUT2D eigenvalue weighted by Gasteiger charge is 2.28. The van der Waals surface area contributed by atoms with E-state index in [2.05, 4.69) is 30.8 Å². The van der Waals surface area contributed by atoms with Gasteiger partial charge in [-0.1, -0.05) is 0 Å². The molecule has 1 saturated heterocycles. The SMILES string of the molecule is CC(CC(C)(O)CN)N1CCC(CN(C)C)CC1. The standard InChI is InChI=1S/C14H31N3O/c1-12(9-14(2,18)11-15)17-7-5-13(6-8-17)10-16(3)4/h12-13,18H,5-11,15H2,1-4H3. The Morgan fingerprint density at radius 3 is 2.39 bits per heavy atom. The zero-order valence-electron chi connectivity index (χ0n) is 12.5. The summed E-state index contributed by atoms with van der Waals surface area (Å²) >= 11 is 0. The average molecular weight is 257 g/mol. The Morgan fingerprint density at radius 2 is 1.94 bits per heavy atom. The lowest BCUT2D eigenvalue weighted by Gasteiger charge is -2.39. The molecule has 4 nitrogen and oxygen atoms in total. The zero-order chi connectivity index (χ0) is 13.8. The largest absolute Gasteiger partial charge is 0.389 e. The van der Waals surface area contributed by atoms with Gasteiger partial charge in [-0.05, 0) is 66.2 Å². The molecule has 0 spiro atoms. The first-order valence-electron chi connectivity index (χ1n) is 7.15. The summed E-state index contributed by atoms with van der Waals surface area (Å²) in [5, 5.41) is 10.0. The molecule has 1 aliphatic heterocycles. The molecule has 0 bridgehead atoms. The van der Waals surface area contributed by atoms with Gasteiger partial charge in [0.05, 0.1) is 5.60 Å². The average Bonchev–Trinajstić information content (AvgIpc) is 2.28. The Bertz CT molecular complexity index is 235. The summed E-state index contributed by atoms with van der Waals surface area (Å²) in [5.41, 5.74) is 4.86. The van der Waals surface area contributed by atoms with Gasteiger partial charge >= 0.3 is 0 Å². The van der Waals surface area contributed by atoms with Crippen LogP contribution in [0.4, 0.5) is 0 Å². The fraction of sp³-hybridized carbons (Fsp3) is 1.00. The first kappa shape index (κ1) is 15.9. The van der Waals surface area contributed by atoms with Gasteiger partial charge in [0.1, 0.15) is 0 Å². The Labute approximate surface area is 112 Å². The minimum atomic E-state index is -0.722. The normalized spacial score (nSPS) is 24.2. The maximum Gasteiger partial charge on any atom is 0.0756 e. The van der Waals surface area contributed by atoms with E-state index < -0.39 is 5.60 Å². The van der Waals surface area contributed by atoms with Crippen molar-refractivity contribution < 1.29 is 5.11 Å². The van der Waals surface area contributed by atoms with Crippen LogP contribution in [0.25, 0.3) is 0 Å². The van der Waals surface area contributed by atoms with Crippen LogP contribution in [-0.2, 0) is 0 Å². The number of rotatable bonds is 6. The summed E-state index contributed by atoms with van der Waals surface area (Å²) in [5.74, 6) is 0.832. The molecule has 1 fully saturated rings. The van der Waals surface area contributed by atoms with Crippen molar-refractivity contribution in [2.24, 2.45) is 11.7 Å². The number of hydrogen-bond donors (Lipinski definition) is 2. The van der Waals surface area contributed by atoms with Crippen molar-refractivity contribution in [2.75, 3.05) is 40.3 Å². The van der Waals surface area contributed by atoms with Crippen molar-refractivity contribution in [3.8, 4) is 0 Å². The molecule has 3 N–H and O–H groups in total. The third kappa shape index (κ3) is 5.22. The topological polar surface area (TPSA) is 52.7 Å². The lowest BCUT2D eigenvalue weighted by Crippen LogP contribution is -2.46. The summed E-state index contributed by atoms with van der Waals surface area (Å²) in [7, 11) is 4.29. The molecule has 0 aromatic heterocycles. The smallest absolute Gasteiger partial charge is 0.0756 e. The second-order valence-corrected chi connectivity index (χ2v) is 6.50. The van der Waals surface area contributed by atoms with Crippen molar-refractivity contribution in [1.29, 1.82) is 0 Å². The van der Waals surface area contributed by atoms with Gasteiger partial charge < -0.3 is 20.6 Å². The molecular formula is C14H31N3O. The molecule has 18 heavy (non-hydrogen) atoms. The number of piperidine rings is 1. The lowest BCUT2D eigenvalue weighted by molar-refractivity contribution is 0.0199. The van der Waals surface area contributed by atoms with E-state index >= 15 is 0 Å². The van der Waals surface area contributed by atoms with E-state index in [9.17, 15) is 5.11 Å². The molecule has 108 valence electrons. The van der Waals surface area contributed by atoms with Crippen LogP contribution in [0.15, 0.2) is 0 Å². The fourth-order valence-corrected chi connectivity index (χ4v) is 2.94. The molecule has 1 heterocycles. The molecule has 0 radical (unpaired) electrons. The summed E-state index contributed by atoms with van der Waals surface area (Å²) in [6, 6.07) is 0.420. The van der Waals surface area contributed by atoms with Gasteiger partial charge in [-0.25, -0.2) is 0 Å². The number of aliphatic hydroxyl groups is 1. The monoisotopic (exact) mass is 257 g/mol. The number of likely N-dealkylation sites (tertiary alicyclic amines) is 1. The van der Waals surface area contributed by atoms with Crippen LogP contribution in [0.2, 0.25) is 0 Å². The van der Waals surface area contributed by atoms with Crippen LogP contribution in [0, 0.1) is 5.92 Å². The maximum atomic E-state index is 10.0. The zero-order valence-corrected chi connectivity index (χ0v) is 12.5. The second kappa shape index (κ2) is 6.85. The number of hydrogen-bond acceptors (Lipinski definition) is 4. The van der Waals surface area contributed by atoms with Crippen LogP contribution in [0.3, 0.4) is 0 Å². The van der Waals surface area contributed by atoms with Gasteiger partial charge in [-0.2, -0.15) is 0 Å². The van der Waals surface area contributed by atoms with Crippen LogP contribution < -0.4 is 5.73 Å². The van der Waals surface area contributed by atoms with Crippen LogP contribution >= 0.6 is 0 Å². The summed E-state index contributed by atoms with van der Waals surface area (Å²) in [6.45, 7) is 7.89. The van der Waals surface area contributed by atoms with Crippen molar-refractivity contribution in [3.05, 3.63) is 0 Å². The van der Waals surface area contributed by atoms with E-state index in [-0.39, 0.29) is 0 Å². The highest BCUT2D eigenvalue weighted by Crippen LogP contribution is 2.22. The molecule has 0 aromatic carbocycles. The van der Waals surface area contributed by atoms with Crippen LogP contribution in [0.5, 0.6) is 0 Å². The molecule has 0 aromatic rings. The second-order valence-electron chi connectivity index (χ2n) is 6.50. The first-order chi connectivity index (χ1) is 8.34. The molecule has 4 heteroatoms. The molecule has 0 amide bonds. The Balaban J connectivity index is 2.34. The van der Waals surface area contributed by atoms with E-state index in [0.29, 0.717) is 12.6 Å². The van der Waals surface area contributed by atoms with Gasteiger partial charge in [0, 0.05) is 19.1 Å². The summed E-state index contributed by atoms with van der Waals surface area (Å²) < 4.78 is 0. The van der Waals surface area contributed by atoms with Gasteiger partial charge in [0.15, 0.2) is 0 Å². The predicted molar refractivity (Wildman–Crippen MR) is 76.6 cm³/mol. The quantitative estimate of drug-likeness (QED) is 0.737. The third-order valence-electron chi connectivity index (χ3n) is 4.07.